The average molecular weight is 437 g/mol. The molecule has 4 rings (SSSR count). The smallest absolute Gasteiger partial charge is 0.159 e. The highest BCUT2D eigenvalue weighted by Gasteiger charge is 2.40. The van der Waals surface area contributed by atoms with Gasteiger partial charge >= 0.3 is 0 Å². The molecule has 0 saturated heterocycles. The molecular formula is C25H25BrO2. The molecule has 28 heavy (non-hydrogen) atoms. The van der Waals surface area contributed by atoms with Crippen molar-refractivity contribution in [1.29, 1.82) is 0 Å². The summed E-state index contributed by atoms with van der Waals surface area (Å²) in [6.07, 6.45) is 11.1. The molecule has 0 unspecified atom stereocenters. The van der Waals surface area contributed by atoms with E-state index < -0.39 is 0 Å². The van der Waals surface area contributed by atoms with Gasteiger partial charge in [0, 0.05) is 6.42 Å². The zero-order chi connectivity index (χ0) is 19.6. The van der Waals surface area contributed by atoms with Crippen molar-refractivity contribution in [2.45, 2.75) is 45.6 Å². The molecule has 0 spiro atoms. The van der Waals surface area contributed by atoms with Crippen LogP contribution in [0.15, 0.2) is 70.7 Å². The van der Waals surface area contributed by atoms with Gasteiger partial charge in [0.2, 0.25) is 0 Å². The molecule has 0 radical (unpaired) electrons. The number of ether oxygens (including phenoxy) is 1. The highest BCUT2D eigenvalue weighted by atomic mass is 79.9. The van der Waals surface area contributed by atoms with Gasteiger partial charge in [-0.25, -0.2) is 0 Å². The number of hydrogen-bond acceptors (Lipinski definition) is 2. The van der Waals surface area contributed by atoms with Crippen LogP contribution in [0.1, 0.15) is 42.4 Å². The van der Waals surface area contributed by atoms with E-state index >= 15 is 0 Å². The quantitative estimate of drug-likeness (QED) is 0.515. The van der Waals surface area contributed by atoms with E-state index in [1.165, 1.54) is 23.1 Å². The van der Waals surface area contributed by atoms with Crippen molar-refractivity contribution >= 4 is 21.7 Å². The number of aryl methyl sites for hydroxylation is 1. The summed E-state index contributed by atoms with van der Waals surface area (Å²) < 4.78 is 7.03. The molecule has 0 bridgehead atoms. The molecule has 2 nitrogen and oxygen atoms in total. The minimum atomic E-state index is 0.114. The van der Waals surface area contributed by atoms with Crippen LogP contribution in [0.3, 0.4) is 0 Å². The van der Waals surface area contributed by atoms with Crippen LogP contribution in [0.5, 0.6) is 5.75 Å². The Morgan fingerprint density at radius 2 is 1.93 bits per heavy atom. The van der Waals surface area contributed by atoms with Gasteiger partial charge in [-0.1, -0.05) is 48.9 Å². The molecule has 1 saturated carbocycles. The van der Waals surface area contributed by atoms with Gasteiger partial charge in [-0.15, -0.1) is 0 Å². The summed E-state index contributed by atoms with van der Waals surface area (Å²) in [6, 6.07) is 14.5. The lowest BCUT2D eigenvalue weighted by atomic mass is 9.60. The molecule has 0 amide bonds. The van der Waals surface area contributed by atoms with Crippen LogP contribution in [-0.2, 0) is 17.8 Å². The van der Waals surface area contributed by atoms with Crippen molar-refractivity contribution in [3.8, 4) is 5.75 Å². The topological polar surface area (TPSA) is 26.3 Å². The fourth-order valence-electron chi connectivity index (χ4n) is 4.18. The van der Waals surface area contributed by atoms with E-state index in [4.69, 9.17) is 4.74 Å². The Morgan fingerprint density at radius 1 is 1.14 bits per heavy atom. The minimum absolute atomic E-state index is 0.114. The first-order valence-electron chi connectivity index (χ1n) is 9.93. The number of halogens is 1. The molecule has 0 atom stereocenters. The van der Waals surface area contributed by atoms with Gasteiger partial charge in [-0.2, -0.15) is 0 Å². The predicted octanol–water partition coefficient (Wildman–Crippen LogP) is 6.50. The zero-order valence-corrected chi connectivity index (χ0v) is 17.8. The van der Waals surface area contributed by atoms with Crippen molar-refractivity contribution in [2.24, 2.45) is 5.41 Å². The van der Waals surface area contributed by atoms with Gasteiger partial charge in [0.15, 0.2) is 5.78 Å². The third-order valence-electron chi connectivity index (χ3n) is 6.01. The van der Waals surface area contributed by atoms with Gasteiger partial charge in [-0.3, -0.25) is 4.79 Å². The number of ketones is 1. The van der Waals surface area contributed by atoms with Crippen LogP contribution in [0.25, 0.3) is 0 Å². The second-order valence-electron chi connectivity index (χ2n) is 7.97. The minimum Gasteiger partial charge on any atom is -0.488 e. The fraction of sp³-hybridized carbons (Fsp3) is 0.320. The molecule has 0 aromatic heterocycles. The number of benzene rings is 2. The highest BCUT2D eigenvalue weighted by Crippen LogP contribution is 2.51. The third-order valence-corrected chi connectivity index (χ3v) is 6.63. The first-order valence-corrected chi connectivity index (χ1v) is 10.7. The summed E-state index contributed by atoms with van der Waals surface area (Å²) in [5.41, 5.74) is 5.05. The van der Waals surface area contributed by atoms with Crippen molar-refractivity contribution in [3.05, 3.63) is 87.4 Å². The summed E-state index contributed by atoms with van der Waals surface area (Å²) in [5.74, 6) is 1.10. The Morgan fingerprint density at radius 3 is 2.61 bits per heavy atom. The Kier molecular flexibility index (Phi) is 5.54. The largest absolute Gasteiger partial charge is 0.488 e. The highest BCUT2D eigenvalue weighted by molar-refractivity contribution is 9.10. The van der Waals surface area contributed by atoms with Crippen LogP contribution in [-0.4, -0.2) is 5.78 Å². The van der Waals surface area contributed by atoms with Gasteiger partial charge in [-0.05, 0) is 88.0 Å². The van der Waals surface area contributed by atoms with Crippen LogP contribution in [0.2, 0.25) is 0 Å². The molecule has 2 aliphatic rings. The lowest BCUT2D eigenvalue weighted by Crippen LogP contribution is -2.34. The lowest BCUT2D eigenvalue weighted by molar-refractivity contribution is -0.114. The summed E-state index contributed by atoms with van der Waals surface area (Å²) in [5, 5.41) is 0. The molecule has 1 fully saturated rings. The standard InChI is InChI=1S/C25H25BrO2/c1-18-13-24(28-17-19-7-3-2-4-8-19)23(26)14-20(18)16-25(11-6-12-25)21-9-5-10-22(27)15-21/h2-5,7-9,13-15H,6,10-12,16-17H2,1H3. The van der Waals surface area contributed by atoms with Crippen LogP contribution in [0, 0.1) is 12.3 Å². The number of allylic oxidation sites excluding steroid dienone is 4. The average Bonchev–Trinajstić information content (AvgIpc) is 2.66. The van der Waals surface area contributed by atoms with Crippen molar-refractivity contribution in [1.82, 2.24) is 0 Å². The first-order chi connectivity index (χ1) is 13.6. The van der Waals surface area contributed by atoms with Crippen LogP contribution in [0.4, 0.5) is 0 Å². The normalized spacial score (nSPS) is 17.8. The van der Waals surface area contributed by atoms with Gasteiger partial charge < -0.3 is 4.74 Å². The van der Waals surface area contributed by atoms with Crippen LogP contribution >= 0.6 is 15.9 Å². The van der Waals surface area contributed by atoms with Crippen molar-refractivity contribution < 1.29 is 9.53 Å². The molecule has 2 aromatic carbocycles. The molecule has 3 heteroatoms. The van der Waals surface area contributed by atoms with Gasteiger partial charge in [0.25, 0.3) is 0 Å². The van der Waals surface area contributed by atoms with Gasteiger partial charge in [0.1, 0.15) is 12.4 Å². The maximum Gasteiger partial charge on any atom is 0.159 e. The van der Waals surface area contributed by atoms with E-state index in [1.807, 2.05) is 30.4 Å². The van der Waals surface area contributed by atoms with Crippen LogP contribution < -0.4 is 4.74 Å². The maximum absolute atomic E-state index is 11.9. The fourth-order valence-corrected chi connectivity index (χ4v) is 4.69. The Labute approximate surface area is 175 Å². The second-order valence-corrected chi connectivity index (χ2v) is 8.82. The zero-order valence-electron chi connectivity index (χ0n) is 16.2. The summed E-state index contributed by atoms with van der Waals surface area (Å²) in [7, 11) is 0. The first kappa shape index (κ1) is 19.2. The van der Waals surface area contributed by atoms with Crippen molar-refractivity contribution in [2.75, 3.05) is 0 Å². The Hall–Kier alpha value is -2.13. The van der Waals surface area contributed by atoms with E-state index in [0.717, 1.165) is 35.0 Å². The summed E-state index contributed by atoms with van der Waals surface area (Å²) in [6.45, 7) is 2.71. The third kappa shape index (κ3) is 4.00. The second kappa shape index (κ2) is 8.08. The monoisotopic (exact) mass is 436 g/mol. The SMILES string of the molecule is Cc1cc(OCc2ccccc2)c(Br)cc1CC1(C2=CC(=O)CC=C2)CCC1. The number of carbonyl (C=O) groups excluding carboxylic acids is 1. The summed E-state index contributed by atoms with van der Waals surface area (Å²) >= 11 is 3.70. The molecule has 2 aromatic rings. The van der Waals surface area contributed by atoms with E-state index in [1.54, 1.807) is 0 Å². The van der Waals surface area contributed by atoms with E-state index in [9.17, 15) is 4.79 Å². The summed E-state index contributed by atoms with van der Waals surface area (Å²) in [4.78, 5) is 11.9. The van der Waals surface area contributed by atoms with E-state index in [0.29, 0.717) is 13.0 Å². The molecule has 0 N–H and O–H groups in total. The Bertz CT molecular complexity index is 937. The molecular weight excluding hydrogens is 412 g/mol. The maximum atomic E-state index is 11.9. The Balaban J connectivity index is 1.53. The van der Waals surface area contributed by atoms with E-state index in [-0.39, 0.29) is 11.2 Å². The predicted molar refractivity (Wildman–Crippen MR) is 116 cm³/mol. The lowest BCUT2D eigenvalue weighted by Gasteiger charge is -2.44. The number of hydrogen-bond donors (Lipinski definition) is 0. The molecule has 0 aliphatic heterocycles. The number of rotatable bonds is 6. The number of carbonyl (C=O) groups is 1. The van der Waals surface area contributed by atoms with Crippen molar-refractivity contribution in [3.63, 3.8) is 0 Å². The molecule has 2 aliphatic carbocycles. The molecule has 144 valence electrons. The van der Waals surface area contributed by atoms with E-state index in [2.05, 4.69) is 53.2 Å². The molecule has 0 heterocycles. The van der Waals surface area contributed by atoms with Gasteiger partial charge in [0.05, 0.1) is 4.47 Å².